The molecule has 1 aliphatic heterocycles. The van der Waals surface area contributed by atoms with Gasteiger partial charge in [0, 0.05) is 18.2 Å². The first-order valence-corrected chi connectivity index (χ1v) is 4.56. The molecule has 2 nitrogen and oxygen atoms in total. The summed E-state index contributed by atoms with van der Waals surface area (Å²) < 4.78 is 0.220. The summed E-state index contributed by atoms with van der Waals surface area (Å²) in [6, 6.07) is 9.75. The minimum absolute atomic E-state index is 0.0821. The number of likely N-dealkylation sites (N-methyl/N-ethyl adjacent to an activating group) is 1. The molecular weight excluding hydrogens is 174 g/mol. The highest BCUT2D eigenvalue weighted by Gasteiger charge is 2.31. The lowest BCUT2D eigenvalue weighted by Crippen LogP contribution is -2.45. The van der Waals surface area contributed by atoms with Crippen molar-refractivity contribution < 1.29 is 4.79 Å². The summed E-state index contributed by atoms with van der Waals surface area (Å²) >= 11 is 0. The summed E-state index contributed by atoms with van der Waals surface area (Å²) in [6.07, 6.45) is 7.16. The molecule has 1 aliphatic rings. The van der Waals surface area contributed by atoms with Gasteiger partial charge in [-0.1, -0.05) is 18.2 Å². The van der Waals surface area contributed by atoms with E-state index in [2.05, 4.69) is 0 Å². The molecule has 1 aromatic carbocycles. The van der Waals surface area contributed by atoms with Crippen LogP contribution < -0.4 is 4.48 Å². The largest absolute Gasteiger partial charge is 0.348 e. The Labute approximate surface area is 83.4 Å². The molecule has 0 bridgehead atoms. The van der Waals surface area contributed by atoms with Gasteiger partial charge in [0.2, 0.25) is 0 Å². The Morgan fingerprint density at radius 1 is 1.07 bits per heavy atom. The first-order chi connectivity index (χ1) is 6.73. The van der Waals surface area contributed by atoms with Gasteiger partial charge in [0.1, 0.15) is 11.9 Å². The van der Waals surface area contributed by atoms with Gasteiger partial charge >= 0.3 is 5.91 Å². The Morgan fingerprint density at radius 3 is 2.43 bits per heavy atom. The lowest BCUT2D eigenvalue weighted by molar-refractivity contribution is -0.122. The fourth-order valence-electron chi connectivity index (χ4n) is 1.54. The van der Waals surface area contributed by atoms with E-state index in [0.29, 0.717) is 0 Å². The number of nitrogens with zero attached hydrogens (tertiary/aromatic N) is 1. The van der Waals surface area contributed by atoms with Crippen LogP contribution in [0.3, 0.4) is 0 Å². The number of quaternary nitrogens is 1. The van der Waals surface area contributed by atoms with Crippen molar-refractivity contribution in [2.24, 2.45) is 0 Å². The Balaban J connectivity index is 2.47. The predicted octanol–water partition coefficient (Wildman–Crippen LogP) is 2.23. The Kier molecular flexibility index (Phi) is 2.06. The number of allylic oxidation sites excluding steroid dienone is 2. The van der Waals surface area contributed by atoms with E-state index in [-0.39, 0.29) is 10.4 Å². The molecule has 0 aromatic heterocycles. The fourth-order valence-corrected chi connectivity index (χ4v) is 1.54. The van der Waals surface area contributed by atoms with E-state index in [4.69, 9.17) is 0 Å². The van der Waals surface area contributed by atoms with Gasteiger partial charge in [0.15, 0.2) is 0 Å². The number of benzene rings is 1. The van der Waals surface area contributed by atoms with Crippen LogP contribution in [0.5, 0.6) is 0 Å². The minimum atomic E-state index is 0.0821. The summed E-state index contributed by atoms with van der Waals surface area (Å²) in [5, 5.41) is 0. The van der Waals surface area contributed by atoms with Gasteiger partial charge in [0.25, 0.3) is 0 Å². The van der Waals surface area contributed by atoms with Crippen molar-refractivity contribution in [2.45, 2.75) is 0 Å². The number of carbonyl (C=O) groups excluding carboxylic acids is 1. The van der Waals surface area contributed by atoms with Gasteiger partial charge in [-0.25, -0.2) is 9.28 Å². The van der Waals surface area contributed by atoms with Gasteiger partial charge in [-0.15, -0.1) is 0 Å². The summed E-state index contributed by atoms with van der Waals surface area (Å²) in [6.45, 7) is 0. The smallest absolute Gasteiger partial charge is 0.225 e. The van der Waals surface area contributed by atoms with Crippen LogP contribution in [0.15, 0.2) is 54.8 Å². The van der Waals surface area contributed by atoms with Crippen molar-refractivity contribution in [3.63, 3.8) is 0 Å². The normalized spacial score (nSPS) is 25.4. The standard InChI is InChI=1S/C12H12NO/c1-13(10-6-5-9-12(13)14)11-7-3-2-4-8-11/h2-10H,1H3/q+1. The van der Waals surface area contributed by atoms with Crippen molar-refractivity contribution in [3.05, 3.63) is 54.8 Å². The minimum Gasteiger partial charge on any atom is -0.225 e. The number of hydrogen-bond donors (Lipinski definition) is 0. The summed E-state index contributed by atoms with van der Waals surface area (Å²) in [7, 11) is 1.89. The topological polar surface area (TPSA) is 17.1 Å². The molecule has 0 fully saturated rings. The lowest BCUT2D eigenvalue weighted by Gasteiger charge is -2.26. The number of hydrogen-bond acceptors (Lipinski definition) is 1. The van der Waals surface area contributed by atoms with Crippen molar-refractivity contribution in [2.75, 3.05) is 7.05 Å². The van der Waals surface area contributed by atoms with Crippen LogP contribution in [0.25, 0.3) is 0 Å². The molecule has 1 unspecified atom stereocenters. The molecule has 70 valence electrons. The molecule has 2 rings (SSSR count). The number of para-hydroxylation sites is 1. The number of rotatable bonds is 1. The van der Waals surface area contributed by atoms with Crippen LogP contribution in [0.1, 0.15) is 0 Å². The third kappa shape index (κ3) is 1.30. The van der Waals surface area contributed by atoms with Gasteiger partial charge in [0.05, 0.1) is 7.05 Å². The molecule has 1 aromatic rings. The molecule has 0 spiro atoms. The molecular formula is C12H12NO+. The Bertz CT molecular complexity index is 406. The van der Waals surface area contributed by atoms with Gasteiger partial charge < -0.3 is 0 Å². The number of amides is 1. The van der Waals surface area contributed by atoms with Crippen LogP contribution in [0.4, 0.5) is 5.69 Å². The summed E-state index contributed by atoms with van der Waals surface area (Å²) in [5.41, 5.74) is 0.984. The first kappa shape index (κ1) is 8.91. The fraction of sp³-hybridized carbons (Fsp3) is 0.0833. The van der Waals surface area contributed by atoms with E-state index in [0.717, 1.165) is 5.69 Å². The highest BCUT2D eigenvalue weighted by molar-refractivity contribution is 5.99. The zero-order valence-corrected chi connectivity index (χ0v) is 8.05. The van der Waals surface area contributed by atoms with Crippen molar-refractivity contribution in [1.29, 1.82) is 0 Å². The molecule has 1 amide bonds. The maximum absolute atomic E-state index is 11.8. The van der Waals surface area contributed by atoms with E-state index in [9.17, 15) is 4.79 Å². The van der Waals surface area contributed by atoms with E-state index < -0.39 is 0 Å². The molecule has 0 saturated heterocycles. The first-order valence-electron chi connectivity index (χ1n) is 4.56. The van der Waals surface area contributed by atoms with Crippen LogP contribution >= 0.6 is 0 Å². The summed E-state index contributed by atoms with van der Waals surface area (Å²) in [5.74, 6) is 0.0821. The third-order valence-electron chi connectivity index (χ3n) is 2.48. The molecule has 14 heavy (non-hydrogen) atoms. The molecule has 0 aliphatic carbocycles. The van der Waals surface area contributed by atoms with Crippen molar-refractivity contribution in [3.8, 4) is 0 Å². The quantitative estimate of drug-likeness (QED) is 0.615. The SMILES string of the molecule is C[N+]1(c2ccccc2)C=CC=CC1=O. The van der Waals surface area contributed by atoms with E-state index in [1.165, 1.54) is 0 Å². The van der Waals surface area contributed by atoms with Crippen LogP contribution in [0.2, 0.25) is 0 Å². The predicted molar refractivity (Wildman–Crippen MR) is 57.4 cm³/mol. The molecule has 0 N–H and O–H groups in total. The molecule has 2 heteroatoms. The van der Waals surface area contributed by atoms with Crippen LogP contribution in [-0.4, -0.2) is 13.0 Å². The second-order valence-corrected chi connectivity index (χ2v) is 3.45. The summed E-state index contributed by atoms with van der Waals surface area (Å²) in [4.78, 5) is 11.8. The van der Waals surface area contributed by atoms with E-state index in [1.54, 1.807) is 12.2 Å². The molecule has 0 radical (unpaired) electrons. The van der Waals surface area contributed by atoms with Gasteiger partial charge in [-0.2, -0.15) is 0 Å². The average molecular weight is 186 g/mol. The van der Waals surface area contributed by atoms with Crippen LogP contribution in [0, 0.1) is 0 Å². The second-order valence-electron chi connectivity index (χ2n) is 3.45. The average Bonchev–Trinajstić information content (AvgIpc) is 2.24. The zero-order valence-electron chi connectivity index (χ0n) is 8.05. The van der Waals surface area contributed by atoms with Crippen molar-refractivity contribution in [1.82, 2.24) is 4.48 Å². The molecule has 1 atom stereocenters. The molecule has 0 saturated carbocycles. The lowest BCUT2D eigenvalue weighted by atomic mass is 10.2. The Morgan fingerprint density at radius 2 is 1.79 bits per heavy atom. The zero-order chi connectivity index (χ0) is 10.0. The highest BCUT2D eigenvalue weighted by atomic mass is 16.2. The van der Waals surface area contributed by atoms with E-state index in [1.807, 2.05) is 49.7 Å². The number of carbonyl (C=O) groups is 1. The third-order valence-corrected chi connectivity index (χ3v) is 2.48. The van der Waals surface area contributed by atoms with Gasteiger partial charge in [-0.3, -0.25) is 0 Å². The maximum atomic E-state index is 11.8. The van der Waals surface area contributed by atoms with Crippen LogP contribution in [-0.2, 0) is 4.79 Å². The van der Waals surface area contributed by atoms with E-state index >= 15 is 0 Å². The molecule has 1 heterocycles. The second kappa shape index (κ2) is 3.24. The van der Waals surface area contributed by atoms with Gasteiger partial charge in [-0.05, 0) is 12.2 Å². The maximum Gasteiger partial charge on any atom is 0.348 e. The monoisotopic (exact) mass is 186 g/mol. The Hall–Kier alpha value is -1.67. The highest BCUT2D eigenvalue weighted by Crippen LogP contribution is 2.23. The van der Waals surface area contributed by atoms with Crippen molar-refractivity contribution >= 4 is 11.6 Å².